The number of ether oxygens (including phenoxy) is 1. The number of amides is 1. The van der Waals surface area contributed by atoms with Gasteiger partial charge in [0.15, 0.2) is 0 Å². The van der Waals surface area contributed by atoms with Crippen LogP contribution in [0.5, 0.6) is 0 Å². The van der Waals surface area contributed by atoms with Crippen LogP contribution >= 0.6 is 0 Å². The first kappa shape index (κ1) is 26.8. The van der Waals surface area contributed by atoms with Crippen molar-refractivity contribution in [3.63, 3.8) is 0 Å². The molecule has 36 heavy (non-hydrogen) atoms. The Bertz CT molecular complexity index is 914. The maximum Gasteiger partial charge on any atom is 0.326 e. The Morgan fingerprint density at radius 2 is 2.11 bits per heavy atom. The van der Waals surface area contributed by atoms with E-state index in [0.717, 1.165) is 63.4 Å². The van der Waals surface area contributed by atoms with Crippen LogP contribution in [-0.4, -0.2) is 107 Å². The average molecular weight is 504 g/mol. The minimum absolute atomic E-state index is 0.146. The molecule has 0 aliphatic carbocycles. The van der Waals surface area contributed by atoms with Gasteiger partial charge in [-0.3, -0.25) is 14.6 Å². The van der Waals surface area contributed by atoms with Crippen LogP contribution < -0.4 is 10.6 Å². The van der Waals surface area contributed by atoms with Gasteiger partial charge in [-0.15, -0.1) is 0 Å². The number of carboxylic acid groups (broad SMARTS) is 1. The highest BCUT2D eigenvalue weighted by atomic mass is 16.5. The molecule has 1 aromatic heterocycles. The highest BCUT2D eigenvalue weighted by Crippen LogP contribution is 2.22. The summed E-state index contributed by atoms with van der Waals surface area (Å²) >= 11 is 0. The summed E-state index contributed by atoms with van der Waals surface area (Å²) in [5, 5.41) is 25.9. The number of nitrogens with one attached hydrogen (secondary N) is 2. The van der Waals surface area contributed by atoms with E-state index in [0.29, 0.717) is 32.5 Å². The number of pyridine rings is 1. The third-order valence-electron chi connectivity index (χ3n) is 7.19. The molecule has 200 valence electrons. The van der Waals surface area contributed by atoms with Gasteiger partial charge in [0.1, 0.15) is 11.9 Å². The number of anilines is 1. The molecule has 1 unspecified atom stereocenters. The van der Waals surface area contributed by atoms with E-state index in [1.54, 1.807) is 13.8 Å². The van der Waals surface area contributed by atoms with Crippen molar-refractivity contribution in [1.29, 1.82) is 0 Å². The molecule has 3 aliphatic heterocycles. The van der Waals surface area contributed by atoms with E-state index in [-0.39, 0.29) is 18.1 Å². The lowest BCUT2D eigenvalue weighted by molar-refractivity contribution is -0.143. The number of likely N-dealkylation sites (tertiary alicyclic amines) is 2. The molecule has 0 aromatic carbocycles. The summed E-state index contributed by atoms with van der Waals surface area (Å²) in [7, 11) is 0. The lowest BCUT2D eigenvalue weighted by Crippen LogP contribution is -2.55. The van der Waals surface area contributed by atoms with E-state index in [9.17, 15) is 19.8 Å². The van der Waals surface area contributed by atoms with Gasteiger partial charge < -0.3 is 25.6 Å². The van der Waals surface area contributed by atoms with E-state index in [2.05, 4.69) is 27.7 Å². The normalized spacial score (nSPS) is 21.9. The number of aliphatic carboxylic acids is 1. The van der Waals surface area contributed by atoms with E-state index in [1.807, 2.05) is 4.90 Å². The molecule has 10 nitrogen and oxygen atoms in total. The molecule has 1 aromatic rings. The van der Waals surface area contributed by atoms with Gasteiger partial charge >= 0.3 is 5.97 Å². The van der Waals surface area contributed by atoms with Gasteiger partial charge in [0, 0.05) is 44.8 Å². The molecule has 2 atom stereocenters. The Labute approximate surface area is 213 Å². The maximum atomic E-state index is 12.8. The maximum absolute atomic E-state index is 12.8. The van der Waals surface area contributed by atoms with E-state index in [1.165, 1.54) is 5.56 Å². The molecule has 10 heteroatoms. The van der Waals surface area contributed by atoms with Crippen LogP contribution in [0.2, 0.25) is 0 Å². The van der Waals surface area contributed by atoms with E-state index < -0.39 is 17.6 Å². The molecule has 4 rings (SSSR count). The summed E-state index contributed by atoms with van der Waals surface area (Å²) in [6.45, 7) is 8.26. The van der Waals surface area contributed by atoms with Gasteiger partial charge in [-0.2, -0.15) is 0 Å². The Morgan fingerprint density at radius 3 is 2.86 bits per heavy atom. The predicted octanol–water partition coefficient (Wildman–Crippen LogP) is 0.878. The number of fused-ring (bicyclic) bond motifs is 1. The summed E-state index contributed by atoms with van der Waals surface area (Å²) in [5.41, 5.74) is 1.41. The number of nitrogens with zero attached hydrogens (tertiary/aromatic N) is 3. The van der Waals surface area contributed by atoms with Gasteiger partial charge in [0.05, 0.1) is 24.4 Å². The minimum atomic E-state index is -1.02. The zero-order chi connectivity index (χ0) is 25.7. The third kappa shape index (κ3) is 7.38. The lowest BCUT2D eigenvalue weighted by atomic mass is 10.1. The summed E-state index contributed by atoms with van der Waals surface area (Å²) in [4.78, 5) is 33.4. The smallest absolute Gasteiger partial charge is 0.326 e. The van der Waals surface area contributed by atoms with Crippen molar-refractivity contribution >= 4 is 17.7 Å². The van der Waals surface area contributed by atoms with Crippen LogP contribution in [0, 0.1) is 0 Å². The summed E-state index contributed by atoms with van der Waals surface area (Å²) in [6, 6.07) is 2.92. The first-order chi connectivity index (χ1) is 17.2. The third-order valence-corrected chi connectivity index (χ3v) is 7.19. The van der Waals surface area contributed by atoms with Crippen LogP contribution in [0.3, 0.4) is 0 Å². The Balaban J connectivity index is 1.14. The highest BCUT2D eigenvalue weighted by molar-refractivity contribution is 5.87. The number of hydrogen-bond acceptors (Lipinski definition) is 8. The van der Waals surface area contributed by atoms with Crippen LogP contribution in [0.25, 0.3) is 0 Å². The van der Waals surface area contributed by atoms with Crippen molar-refractivity contribution in [3.05, 3.63) is 23.4 Å². The number of aryl methyl sites for hydroxylation is 1. The largest absolute Gasteiger partial charge is 0.480 e. The average Bonchev–Trinajstić information content (AvgIpc) is 3.25. The molecular formula is C26H41N5O5. The molecule has 4 heterocycles. The molecule has 3 aliphatic rings. The van der Waals surface area contributed by atoms with Crippen LogP contribution in [0.15, 0.2) is 12.1 Å². The molecule has 0 spiro atoms. The molecule has 0 bridgehead atoms. The zero-order valence-electron chi connectivity index (χ0n) is 21.5. The molecule has 0 saturated carbocycles. The van der Waals surface area contributed by atoms with E-state index in [4.69, 9.17) is 9.72 Å². The molecule has 1 amide bonds. The molecule has 2 fully saturated rings. The fraction of sp³-hybridized carbons (Fsp3) is 0.731. The van der Waals surface area contributed by atoms with Crippen molar-refractivity contribution in [1.82, 2.24) is 20.1 Å². The molecule has 2 saturated heterocycles. The first-order valence-corrected chi connectivity index (χ1v) is 13.2. The fourth-order valence-electron chi connectivity index (χ4n) is 5.29. The van der Waals surface area contributed by atoms with Crippen molar-refractivity contribution in [2.24, 2.45) is 0 Å². The zero-order valence-corrected chi connectivity index (χ0v) is 21.5. The van der Waals surface area contributed by atoms with Crippen molar-refractivity contribution < 1.29 is 24.5 Å². The number of aliphatic hydroxyl groups is 1. The van der Waals surface area contributed by atoms with E-state index >= 15 is 0 Å². The number of hydrogen-bond donors (Lipinski definition) is 4. The topological polar surface area (TPSA) is 127 Å². The minimum Gasteiger partial charge on any atom is -0.480 e. The molecule has 4 N–H and O–H groups in total. The van der Waals surface area contributed by atoms with Crippen LogP contribution in [-0.2, 0) is 27.2 Å². The molecular weight excluding hydrogens is 462 g/mol. The highest BCUT2D eigenvalue weighted by Gasteiger charge is 2.36. The number of β-amino-alcohol motifs (C(OH)–C–C–N with tert-alkyl or cyclic N) is 1. The first-order valence-electron chi connectivity index (χ1n) is 13.2. The van der Waals surface area contributed by atoms with Crippen molar-refractivity contribution in [3.8, 4) is 0 Å². The number of rotatable bonds is 12. The number of carbonyl (C=O) groups excluding carboxylic acids is 1. The standard InChI is InChI=1S/C26H41N5O5/c1-26(2,35)17-31-12-4-6-22(31)24(32)29-21(25(33)34)9-13-30-15-20(16-30)36-14-10-19-8-7-18-5-3-11-27-23(18)28-19/h7-8,20-22,35H,3-6,9-17H2,1-2H3,(H,27,28)(H,29,32)(H,33,34)/t21-,22?/m0/s1. The lowest BCUT2D eigenvalue weighted by Gasteiger charge is -2.39. The van der Waals surface area contributed by atoms with Gasteiger partial charge in [-0.25, -0.2) is 9.78 Å². The quantitative estimate of drug-likeness (QED) is 0.329. The van der Waals surface area contributed by atoms with Crippen molar-refractivity contribution in [2.45, 2.75) is 76.2 Å². The monoisotopic (exact) mass is 503 g/mol. The Hall–Kier alpha value is -2.27. The second-order valence-electron chi connectivity index (χ2n) is 11.0. The summed E-state index contributed by atoms with van der Waals surface area (Å²) < 4.78 is 5.98. The second-order valence-corrected chi connectivity index (χ2v) is 11.0. The predicted molar refractivity (Wildman–Crippen MR) is 136 cm³/mol. The number of carboxylic acids is 1. The number of aromatic nitrogens is 1. The van der Waals surface area contributed by atoms with Gasteiger partial charge in [0.2, 0.25) is 5.91 Å². The SMILES string of the molecule is CC(C)(O)CN1CCCC1C(=O)N[C@@H](CCN1CC(OCCc2ccc3c(n2)NCCC3)C1)C(=O)O. The van der Waals surface area contributed by atoms with Gasteiger partial charge in [-0.05, 0) is 64.1 Å². The second kappa shape index (κ2) is 11.9. The summed E-state index contributed by atoms with van der Waals surface area (Å²) in [6.07, 6.45) is 5.03. The van der Waals surface area contributed by atoms with Crippen LogP contribution in [0.1, 0.15) is 50.8 Å². The van der Waals surface area contributed by atoms with Crippen molar-refractivity contribution in [2.75, 3.05) is 51.2 Å². The molecule has 0 radical (unpaired) electrons. The van der Waals surface area contributed by atoms with Crippen LogP contribution in [0.4, 0.5) is 5.82 Å². The van der Waals surface area contributed by atoms with Gasteiger partial charge in [0.25, 0.3) is 0 Å². The van der Waals surface area contributed by atoms with Gasteiger partial charge in [-0.1, -0.05) is 6.07 Å². The number of carbonyl (C=O) groups is 2. The Kier molecular flexibility index (Phi) is 8.82. The Morgan fingerprint density at radius 1 is 1.31 bits per heavy atom. The summed E-state index contributed by atoms with van der Waals surface area (Å²) in [5.74, 6) is -0.276. The fourth-order valence-corrected chi connectivity index (χ4v) is 5.29.